The highest BCUT2D eigenvalue weighted by Crippen LogP contribution is 2.30. The van der Waals surface area contributed by atoms with Crippen LogP contribution in [0.3, 0.4) is 0 Å². The zero-order valence-electron chi connectivity index (χ0n) is 13.5. The second-order valence-corrected chi connectivity index (χ2v) is 5.35. The van der Waals surface area contributed by atoms with Crippen LogP contribution in [-0.4, -0.2) is 51.3 Å². The van der Waals surface area contributed by atoms with Crippen molar-refractivity contribution >= 4 is 11.6 Å². The summed E-state index contributed by atoms with van der Waals surface area (Å²) in [5.41, 5.74) is 6.51. The van der Waals surface area contributed by atoms with Gasteiger partial charge in [-0.1, -0.05) is 0 Å². The third-order valence-electron chi connectivity index (χ3n) is 3.75. The number of methoxy groups -OCH3 is 1. The van der Waals surface area contributed by atoms with Crippen LogP contribution >= 0.6 is 0 Å². The second-order valence-electron chi connectivity index (χ2n) is 5.35. The molecule has 0 saturated carbocycles. The van der Waals surface area contributed by atoms with Crippen LogP contribution in [0.5, 0.6) is 11.5 Å². The zero-order valence-corrected chi connectivity index (χ0v) is 13.5. The van der Waals surface area contributed by atoms with Crippen LogP contribution < -0.4 is 20.5 Å². The van der Waals surface area contributed by atoms with E-state index >= 15 is 0 Å². The summed E-state index contributed by atoms with van der Waals surface area (Å²) in [5.74, 6) is 1.81. The summed E-state index contributed by atoms with van der Waals surface area (Å²) in [6.45, 7) is 4.21. The summed E-state index contributed by atoms with van der Waals surface area (Å²) < 4.78 is 11.2. The summed E-state index contributed by atoms with van der Waals surface area (Å²) in [6.07, 6.45) is 3.66. The van der Waals surface area contributed by atoms with E-state index < -0.39 is 0 Å². The van der Waals surface area contributed by atoms with E-state index in [1.165, 1.54) is 25.9 Å². The van der Waals surface area contributed by atoms with Gasteiger partial charge in [0.05, 0.1) is 13.7 Å². The first-order valence-electron chi connectivity index (χ1n) is 7.75. The maximum absolute atomic E-state index is 5.87. The van der Waals surface area contributed by atoms with E-state index in [1.54, 1.807) is 14.2 Å². The first-order valence-corrected chi connectivity index (χ1v) is 7.75. The minimum atomic E-state index is 0.366. The van der Waals surface area contributed by atoms with E-state index in [0.29, 0.717) is 12.6 Å². The van der Waals surface area contributed by atoms with Gasteiger partial charge < -0.3 is 25.4 Å². The van der Waals surface area contributed by atoms with Crippen molar-refractivity contribution in [2.75, 3.05) is 45.7 Å². The molecule has 0 amide bonds. The topological polar surface area (TPSA) is 72.1 Å². The Morgan fingerprint density at radius 3 is 2.77 bits per heavy atom. The number of hydrogen-bond donors (Lipinski definition) is 2. The van der Waals surface area contributed by atoms with Gasteiger partial charge in [-0.2, -0.15) is 0 Å². The molecule has 0 spiro atoms. The van der Waals surface area contributed by atoms with Gasteiger partial charge in [-0.05, 0) is 44.5 Å². The predicted octanol–water partition coefficient (Wildman–Crippen LogP) is 1.92. The minimum Gasteiger partial charge on any atom is -0.493 e. The molecule has 1 fully saturated rings. The number of nitrogens with two attached hydrogens (primary N) is 1. The fourth-order valence-corrected chi connectivity index (χ4v) is 2.55. The third kappa shape index (κ3) is 4.80. The van der Waals surface area contributed by atoms with Gasteiger partial charge in [-0.15, -0.1) is 0 Å². The zero-order chi connectivity index (χ0) is 15.8. The molecule has 6 heteroatoms. The molecule has 0 aromatic heterocycles. The quantitative estimate of drug-likeness (QED) is 0.457. The Balaban J connectivity index is 1.88. The van der Waals surface area contributed by atoms with Crippen molar-refractivity contribution in [3.8, 4) is 11.5 Å². The van der Waals surface area contributed by atoms with Crippen molar-refractivity contribution in [2.45, 2.75) is 19.3 Å². The molecule has 0 bridgehead atoms. The Hall–Kier alpha value is -1.95. The van der Waals surface area contributed by atoms with E-state index in [2.05, 4.69) is 15.2 Å². The molecule has 3 N–H and O–H groups in total. The highest BCUT2D eigenvalue weighted by molar-refractivity contribution is 5.92. The van der Waals surface area contributed by atoms with Gasteiger partial charge in [0.25, 0.3) is 0 Å². The lowest BCUT2D eigenvalue weighted by molar-refractivity contribution is 0.254. The lowest BCUT2D eigenvalue weighted by Gasteiger charge is -2.16. The number of ether oxygens (including phenoxy) is 2. The minimum absolute atomic E-state index is 0.366. The van der Waals surface area contributed by atoms with Gasteiger partial charge in [0.2, 0.25) is 0 Å². The van der Waals surface area contributed by atoms with Crippen molar-refractivity contribution in [1.82, 2.24) is 4.90 Å². The Bertz CT molecular complexity index is 499. The van der Waals surface area contributed by atoms with E-state index in [4.69, 9.17) is 15.2 Å². The van der Waals surface area contributed by atoms with Gasteiger partial charge in [0.15, 0.2) is 17.5 Å². The van der Waals surface area contributed by atoms with Crippen LogP contribution in [0.25, 0.3) is 0 Å². The normalized spacial score (nSPS) is 15.8. The molecule has 1 aliphatic rings. The Morgan fingerprint density at radius 1 is 1.32 bits per heavy atom. The number of guanidine groups is 1. The monoisotopic (exact) mass is 306 g/mol. The molecule has 1 aromatic carbocycles. The van der Waals surface area contributed by atoms with Gasteiger partial charge >= 0.3 is 0 Å². The maximum Gasteiger partial charge on any atom is 0.192 e. The fraction of sp³-hybridized carbons (Fsp3) is 0.562. The number of nitrogens with one attached hydrogen (secondary N) is 1. The smallest absolute Gasteiger partial charge is 0.192 e. The molecule has 0 unspecified atom stereocenters. The van der Waals surface area contributed by atoms with Crippen LogP contribution in [-0.2, 0) is 0 Å². The van der Waals surface area contributed by atoms with Crippen LogP contribution in [0.15, 0.2) is 23.2 Å². The Labute approximate surface area is 132 Å². The summed E-state index contributed by atoms with van der Waals surface area (Å²) in [7, 11) is 3.28. The van der Waals surface area contributed by atoms with Crippen LogP contribution in [0.4, 0.5) is 5.69 Å². The number of benzene rings is 1. The van der Waals surface area contributed by atoms with Gasteiger partial charge in [0, 0.05) is 25.3 Å². The lowest BCUT2D eigenvalue weighted by Crippen LogP contribution is -2.22. The second kappa shape index (κ2) is 8.48. The summed E-state index contributed by atoms with van der Waals surface area (Å²) in [4.78, 5) is 6.36. The van der Waals surface area contributed by atoms with Crippen LogP contribution in [0, 0.1) is 0 Å². The molecule has 122 valence electrons. The average molecular weight is 306 g/mol. The number of nitrogens with zero attached hydrogens (tertiary/aromatic N) is 2. The number of hydrogen-bond acceptors (Lipinski definition) is 4. The van der Waals surface area contributed by atoms with Gasteiger partial charge in [-0.3, -0.25) is 4.99 Å². The molecule has 0 radical (unpaired) electrons. The Morgan fingerprint density at radius 2 is 2.09 bits per heavy atom. The molecular weight excluding hydrogens is 280 g/mol. The first-order chi connectivity index (χ1) is 10.7. The summed E-state index contributed by atoms with van der Waals surface area (Å²) in [5, 5.41) is 3.00. The van der Waals surface area contributed by atoms with Crippen molar-refractivity contribution in [3.63, 3.8) is 0 Å². The molecule has 1 saturated heterocycles. The summed E-state index contributed by atoms with van der Waals surface area (Å²) >= 11 is 0. The maximum atomic E-state index is 5.87. The summed E-state index contributed by atoms with van der Waals surface area (Å²) in [6, 6.07) is 5.63. The number of likely N-dealkylation sites (tertiary alicyclic amines) is 1. The largest absolute Gasteiger partial charge is 0.493 e. The highest BCUT2D eigenvalue weighted by Gasteiger charge is 2.11. The van der Waals surface area contributed by atoms with Crippen molar-refractivity contribution in [3.05, 3.63) is 18.2 Å². The lowest BCUT2D eigenvalue weighted by atomic mass is 10.2. The highest BCUT2D eigenvalue weighted by atomic mass is 16.5. The fourth-order valence-electron chi connectivity index (χ4n) is 2.55. The average Bonchev–Trinajstić information content (AvgIpc) is 3.05. The number of rotatable bonds is 7. The molecule has 22 heavy (non-hydrogen) atoms. The van der Waals surface area contributed by atoms with Crippen LogP contribution in [0.2, 0.25) is 0 Å². The predicted molar refractivity (Wildman–Crippen MR) is 89.9 cm³/mol. The molecular formula is C16H26N4O2. The molecule has 1 aliphatic heterocycles. The van der Waals surface area contributed by atoms with Crippen LogP contribution in [0.1, 0.15) is 19.3 Å². The van der Waals surface area contributed by atoms with E-state index in [0.717, 1.165) is 30.2 Å². The van der Waals surface area contributed by atoms with E-state index in [-0.39, 0.29) is 0 Å². The Kier molecular flexibility index (Phi) is 6.33. The van der Waals surface area contributed by atoms with Crippen molar-refractivity contribution in [1.29, 1.82) is 0 Å². The van der Waals surface area contributed by atoms with Crippen molar-refractivity contribution < 1.29 is 9.47 Å². The van der Waals surface area contributed by atoms with E-state index in [9.17, 15) is 0 Å². The molecule has 1 aromatic rings. The molecule has 0 atom stereocenters. The standard InChI is InChI=1S/C16H26N4O2/c1-18-16(17)19-13-6-7-14(21-2)15(12-13)22-11-5-10-20-8-3-4-9-20/h6-7,12H,3-5,8-11H2,1-2H3,(H3,17,18,19). The molecule has 6 nitrogen and oxygen atoms in total. The number of aliphatic imine (C=N–C) groups is 1. The van der Waals surface area contributed by atoms with Crippen molar-refractivity contribution in [2.24, 2.45) is 10.7 Å². The third-order valence-corrected chi connectivity index (χ3v) is 3.75. The van der Waals surface area contributed by atoms with Gasteiger partial charge in [0.1, 0.15) is 0 Å². The van der Waals surface area contributed by atoms with E-state index in [1.807, 2.05) is 18.2 Å². The van der Waals surface area contributed by atoms with Gasteiger partial charge in [-0.25, -0.2) is 0 Å². The SMILES string of the molecule is CN=C(N)Nc1ccc(OC)c(OCCCN2CCCC2)c1. The molecule has 1 heterocycles. The molecule has 2 rings (SSSR count). The first kappa shape index (κ1) is 16.4. The molecule has 0 aliphatic carbocycles. The number of anilines is 1.